The molecule has 0 aromatic heterocycles. The zero-order valence-corrected chi connectivity index (χ0v) is 18.4. The third kappa shape index (κ3) is 4.70. The number of benzene rings is 2. The molecule has 8 nitrogen and oxygen atoms in total. The number of carbonyl (C=O) groups excluding carboxylic acids is 2. The SMILES string of the molecule is COc1ccc(C(=O)N2CCN(C(=O)c3ccc(F)c(S(=O)(=O)N(C)C)c3)CC2)cc1. The smallest absolute Gasteiger partial charge is 0.254 e. The van der Waals surface area contributed by atoms with Gasteiger partial charge in [0.25, 0.3) is 11.8 Å². The minimum absolute atomic E-state index is 0.0803. The first-order valence-electron chi connectivity index (χ1n) is 9.60. The van der Waals surface area contributed by atoms with Gasteiger partial charge in [-0.25, -0.2) is 17.1 Å². The summed E-state index contributed by atoms with van der Waals surface area (Å²) >= 11 is 0. The van der Waals surface area contributed by atoms with Crippen molar-refractivity contribution in [1.82, 2.24) is 14.1 Å². The average Bonchev–Trinajstić information content (AvgIpc) is 2.78. The van der Waals surface area contributed by atoms with Crippen molar-refractivity contribution >= 4 is 21.8 Å². The number of hydrogen-bond donors (Lipinski definition) is 0. The molecule has 1 heterocycles. The molecule has 0 unspecified atom stereocenters. The molecule has 0 atom stereocenters. The van der Waals surface area contributed by atoms with Gasteiger partial charge in [0.15, 0.2) is 0 Å². The highest BCUT2D eigenvalue weighted by Gasteiger charge is 2.28. The van der Waals surface area contributed by atoms with Crippen molar-refractivity contribution in [3.05, 3.63) is 59.4 Å². The summed E-state index contributed by atoms with van der Waals surface area (Å²) in [5.74, 6) is -0.815. The van der Waals surface area contributed by atoms with E-state index in [2.05, 4.69) is 0 Å². The van der Waals surface area contributed by atoms with Crippen LogP contribution in [-0.4, -0.2) is 81.7 Å². The van der Waals surface area contributed by atoms with Crippen LogP contribution in [0.25, 0.3) is 0 Å². The van der Waals surface area contributed by atoms with E-state index >= 15 is 0 Å². The zero-order chi connectivity index (χ0) is 22.8. The molecule has 0 N–H and O–H groups in total. The fraction of sp³-hybridized carbons (Fsp3) is 0.333. The molecule has 1 saturated heterocycles. The third-order valence-corrected chi connectivity index (χ3v) is 6.96. The van der Waals surface area contributed by atoms with Crippen molar-refractivity contribution in [2.45, 2.75) is 4.90 Å². The number of halogens is 1. The predicted octanol–water partition coefficient (Wildman–Crippen LogP) is 1.68. The first-order chi connectivity index (χ1) is 14.6. The number of piperazine rings is 1. The van der Waals surface area contributed by atoms with Crippen molar-refractivity contribution < 1.29 is 27.1 Å². The molecular formula is C21H24FN3O5S. The summed E-state index contributed by atoms with van der Waals surface area (Å²) in [4.78, 5) is 28.2. The molecule has 1 aliphatic heterocycles. The van der Waals surface area contributed by atoms with E-state index < -0.39 is 26.6 Å². The van der Waals surface area contributed by atoms with Gasteiger partial charge in [-0.3, -0.25) is 9.59 Å². The highest BCUT2D eigenvalue weighted by Crippen LogP contribution is 2.21. The highest BCUT2D eigenvalue weighted by molar-refractivity contribution is 7.89. The largest absolute Gasteiger partial charge is 0.497 e. The first-order valence-corrected chi connectivity index (χ1v) is 11.0. The van der Waals surface area contributed by atoms with Crippen molar-refractivity contribution in [2.75, 3.05) is 47.4 Å². The van der Waals surface area contributed by atoms with E-state index in [4.69, 9.17) is 4.74 Å². The number of methoxy groups -OCH3 is 1. The lowest BCUT2D eigenvalue weighted by atomic mass is 10.1. The second kappa shape index (κ2) is 9.03. The maximum Gasteiger partial charge on any atom is 0.254 e. The number of ether oxygens (including phenoxy) is 1. The van der Waals surface area contributed by atoms with Crippen LogP contribution in [0.3, 0.4) is 0 Å². The fourth-order valence-corrected chi connectivity index (χ4v) is 4.23. The second-order valence-electron chi connectivity index (χ2n) is 7.25. The average molecular weight is 450 g/mol. The molecule has 0 bridgehead atoms. The van der Waals surface area contributed by atoms with E-state index in [-0.39, 0.29) is 24.6 Å². The minimum Gasteiger partial charge on any atom is -0.497 e. The van der Waals surface area contributed by atoms with Gasteiger partial charge >= 0.3 is 0 Å². The molecule has 0 aliphatic carbocycles. The van der Waals surface area contributed by atoms with Gasteiger partial charge in [-0.05, 0) is 42.5 Å². The lowest BCUT2D eigenvalue weighted by Crippen LogP contribution is -2.50. The lowest BCUT2D eigenvalue weighted by molar-refractivity contribution is 0.0535. The maximum absolute atomic E-state index is 14.1. The van der Waals surface area contributed by atoms with Crippen molar-refractivity contribution in [2.24, 2.45) is 0 Å². The van der Waals surface area contributed by atoms with Crippen LogP contribution < -0.4 is 4.74 Å². The van der Waals surface area contributed by atoms with E-state index in [1.54, 1.807) is 36.3 Å². The summed E-state index contributed by atoms with van der Waals surface area (Å²) in [7, 11) is 0.112. The van der Waals surface area contributed by atoms with Crippen LogP contribution in [0.5, 0.6) is 5.75 Å². The van der Waals surface area contributed by atoms with Gasteiger partial charge in [0.1, 0.15) is 16.5 Å². The molecule has 0 saturated carbocycles. The van der Waals surface area contributed by atoms with Crippen LogP contribution in [0.4, 0.5) is 4.39 Å². The summed E-state index contributed by atoms with van der Waals surface area (Å²) < 4.78 is 44.7. The van der Waals surface area contributed by atoms with Crippen molar-refractivity contribution in [1.29, 1.82) is 0 Å². The first kappa shape index (κ1) is 22.7. The Morgan fingerprint density at radius 2 is 1.39 bits per heavy atom. The van der Waals surface area contributed by atoms with Gasteiger partial charge in [-0.1, -0.05) is 0 Å². The van der Waals surface area contributed by atoms with E-state index in [1.165, 1.54) is 25.1 Å². The van der Waals surface area contributed by atoms with Gasteiger partial charge in [0.2, 0.25) is 10.0 Å². The predicted molar refractivity (Wildman–Crippen MR) is 112 cm³/mol. The zero-order valence-electron chi connectivity index (χ0n) is 17.5. The Bertz CT molecular complexity index is 1080. The number of sulfonamides is 1. The van der Waals surface area contributed by atoms with Crippen molar-refractivity contribution in [3.63, 3.8) is 0 Å². The molecule has 0 spiro atoms. The van der Waals surface area contributed by atoms with Crippen LogP contribution >= 0.6 is 0 Å². The molecule has 2 aromatic rings. The summed E-state index contributed by atoms with van der Waals surface area (Å²) in [6, 6.07) is 10.1. The quantitative estimate of drug-likeness (QED) is 0.693. The highest BCUT2D eigenvalue weighted by atomic mass is 32.2. The second-order valence-corrected chi connectivity index (χ2v) is 9.37. The van der Waals surface area contributed by atoms with Gasteiger partial charge in [0.05, 0.1) is 7.11 Å². The van der Waals surface area contributed by atoms with Crippen molar-refractivity contribution in [3.8, 4) is 5.75 Å². The molecule has 2 amide bonds. The minimum atomic E-state index is -4.02. The number of rotatable bonds is 5. The van der Waals surface area contributed by atoms with Gasteiger partial charge in [-0.2, -0.15) is 0 Å². The Kier molecular flexibility index (Phi) is 6.61. The molecule has 2 aromatic carbocycles. The van der Waals surface area contributed by atoms with Gasteiger partial charge < -0.3 is 14.5 Å². The normalized spacial score (nSPS) is 14.6. The van der Waals surface area contributed by atoms with E-state index in [0.29, 0.717) is 24.4 Å². The van der Waals surface area contributed by atoms with Gasteiger partial charge in [-0.15, -0.1) is 0 Å². The Hall–Kier alpha value is -2.98. The van der Waals surface area contributed by atoms with E-state index in [0.717, 1.165) is 16.4 Å². The molecule has 0 radical (unpaired) electrons. The summed E-state index contributed by atoms with van der Waals surface area (Å²) in [6.45, 7) is 1.24. The standard InChI is InChI=1S/C21H24FN3O5S/c1-23(2)31(28,29)19-14-16(6-9-18(19)22)21(27)25-12-10-24(11-13-25)20(26)15-4-7-17(30-3)8-5-15/h4-9,14H,10-13H2,1-3H3. The van der Waals surface area contributed by atoms with E-state index in [9.17, 15) is 22.4 Å². The lowest BCUT2D eigenvalue weighted by Gasteiger charge is -2.35. The molecular weight excluding hydrogens is 425 g/mol. The Balaban J connectivity index is 1.69. The van der Waals surface area contributed by atoms with Crippen LogP contribution in [0.15, 0.2) is 47.4 Å². The van der Waals surface area contributed by atoms with Crippen LogP contribution in [0.2, 0.25) is 0 Å². The summed E-state index contributed by atoms with van der Waals surface area (Å²) in [5, 5.41) is 0. The third-order valence-electron chi connectivity index (χ3n) is 5.13. The number of nitrogens with zero attached hydrogens (tertiary/aromatic N) is 3. The molecule has 10 heteroatoms. The summed E-state index contributed by atoms with van der Waals surface area (Å²) in [6.07, 6.45) is 0. The fourth-order valence-electron chi connectivity index (χ4n) is 3.24. The molecule has 3 rings (SSSR count). The monoisotopic (exact) mass is 449 g/mol. The summed E-state index contributed by atoms with van der Waals surface area (Å²) in [5.41, 5.74) is 0.606. The van der Waals surface area contributed by atoms with Gasteiger partial charge in [0, 0.05) is 51.4 Å². The molecule has 166 valence electrons. The Morgan fingerprint density at radius 1 is 0.903 bits per heavy atom. The topological polar surface area (TPSA) is 87.2 Å². The van der Waals surface area contributed by atoms with E-state index in [1.807, 2.05) is 0 Å². The Labute approximate surface area is 180 Å². The number of hydrogen-bond acceptors (Lipinski definition) is 5. The Morgan fingerprint density at radius 3 is 1.87 bits per heavy atom. The molecule has 1 fully saturated rings. The molecule has 31 heavy (non-hydrogen) atoms. The van der Waals surface area contributed by atoms with Crippen LogP contribution in [0.1, 0.15) is 20.7 Å². The van der Waals surface area contributed by atoms with Crippen LogP contribution in [-0.2, 0) is 10.0 Å². The number of carbonyl (C=O) groups is 2. The molecule has 1 aliphatic rings. The van der Waals surface area contributed by atoms with Crippen LogP contribution in [0, 0.1) is 5.82 Å². The number of amides is 2. The maximum atomic E-state index is 14.1.